The molecule has 0 N–H and O–H groups in total. The van der Waals surface area contributed by atoms with E-state index in [1.807, 2.05) is 0 Å². The zero-order valence-electron chi connectivity index (χ0n) is 3.44. The van der Waals surface area contributed by atoms with Crippen LogP contribution in [0.5, 0.6) is 0 Å². The third-order valence-corrected chi connectivity index (χ3v) is 1.34. The van der Waals surface area contributed by atoms with Crippen LogP contribution in [0.25, 0.3) is 0 Å². The van der Waals surface area contributed by atoms with Gasteiger partial charge >= 0.3 is 53.3 Å². The summed E-state index contributed by atoms with van der Waals surface area (Å²) in [5.41, 5.74) is 0. The third kappa shape index (κ3) is 1.19. The molecular weight excluding hydrogens is 202 g/mol. The van der Waals surface area contributed by atoms with Gasteiger partial charge in [-0.15, -0.1) is 0 Å². The zero-order valence-corrected chi connectivity index (χ0v) is 6.30. The molecule has 1 nitrogen and oxygen atoms in total. The summed E-state index contributed by atoms with van der Waals surface area (Å²) in [5.74, 6) is 0. The van der Waals surface area contributed by atoms with E-state index < -0.39 is 6.01 Å². The molecule has 0 atom stereocenters. The molecule has 1 aromatic heterocycles. The van der Waals surface area contributed by atoms with Crippen LogP contribution in [0.4, 0.5) is 4.39 Å². The van der Waals surface area contributed by atoms with Crippen LogP contribution < -0.4 is 3.78 Å². The van der Waals surface area contributed by atoms with Gasteiger partial charge in [-0.1, -0.05) is 0 Å². The van der Waals surface area contributed by atoms with Gasteiger partial charge in [0.15, 0.2) is 0 Å². The van der Waals surface area contributed by atoms with Gasteiger partial charge in [-0.25, -0.2) is 0 Å². The van der Waals surface area contributed by atoms with E-state index in [0.29, 0.717) is 3.78 Å². The monoisotopic (exact) mass is 205 g/mol. The Morgan fingerprint density at radius 2 is 2.29 bits per heavy atom. The Morgan fingerprint density at radius 1 is 1.57 bits per heavy atom. The van der Waals surface area contributed by atoms with Gasteiger partial charge < -0.3 is 0 Å². The van der Waals surface area contributed by atoms with Gasteiger partial charge in [-0.2, -0.15) is 0 Å². The molecular formula is C4H2FOSn. The minimum atomic E-state index is -0.494. The molecule has 0 aromatic carbocycles. The van der Waals surface area contributed by atoms with Crippen molar-refractivity contribution in [3.63, 3.8) is 0 Å². The summed E-state index contributed by atoms with van der Waals surface area (Å²) >= 11 is 1.11. The molecule has 1 heterocycles. The van der Waals surface area contributed by atoms with Crippen molar-refractivity contribution in [3.05, 3.63) is 18.1 Å². The van der Waals surface area contributed by atoms with Crippen LogP contribution in [0.1, 0.15) is 0 Å². The predicted molar refractivity (Wildman–Crippen MR) is 24.1 cm³/mol. The average Bonchev–Trinajstić information content (AvgIpc) is 1.87. The van der Waals surface area contributed by atoms with Crippen LogP contribution >= 0.6 is 0 Å². The summed E-state index contributed by atoms with van der Waals surface area (Å²) < 4.78 is 16.9. The average molecular weight is 204 g/mol. The van der Waals surface area contributed by atoms with Crippen LogP contribution in [0, 0.1) is 6.01 Å². The Morgan fingerprint density at radius 3 is 2.43 bits per heavy atom. The SMILES string of the molecule is Fc1cc[c]([Sn])o1. The summed E-state index contributed by atoms with van der Waals surface area (Å²) in [7, 11) is 0. The van der Waals surface area contributed by atoms with Gasteiger partial charge in [-0.3, -0.25) is 0 Å². The fourth-order valence-corrected chi connectivity index (χ4v) is 0.830. The molecule has 1 rings (SSSR count). The van der Waals surface area contributed by atoms with Crippen molar-refractivity contribution in [2.24, 2.45) is 0 Å². The maximum absolute atomic E-state index is 11.8. The first kappa shape index (κ1) is 5.15. The second-order valence-corrected chi connectivity index (χ2v) is 2.51. The van der Waals surface area contributed by atoms with Crippen LogP contribution in [-0.4, -0.2) is 22.5 Å². The summed E-state index contributed by atoms with van der Waals surface area (Å²) in [6, 6.07) is 2.43. The first-order valence-electron chi connectivity index (χ1n) is 1.76. The van der Waals surface area contributed by atoms with Crippen molar-refractivity contribution in [2.75, 3.05) is 0 Å². The normalized spacial score (nSPS) is 9.43. The predicted octanol–water partition coefficient (Wildman–Crippen LogP) is 0.213. The molecule has 0 aliphatic carbocycles. The Labute approximate surface area is 53.6 Å². The summed E-state index contributed by atoms with van der Waals surface area (Å²) in [6.45, 7) is 0. The van der Waals surface area contributed by atoms with Crippen molar-refractivity contribution in [3.8, 4) is 0 Å². The van der Waals surface area contributed by atoms with E-state index in [1.165, 1.54) is 6.07 Å². The van der Waals surface area contributed by atoms with Crippen LogP contribution in [-0.2, 0) is 0 Å². The Balaban J connectivity index is 3.04. The van der Waals surface area contributed by atoms with Crippen LogP contribution in [0.3, 0.4) is 0 Å². The van der Waals surface area contributed by atoms with E-state index in [1.54, 1.807) is 6.07 Å². The first-order valence-corrected chi connectivity index (χ1v) is 3.18. The molecule has 0 saturated heterocycles. The van der Waals surface area contributed by atoms with Gasteiger partial charge in [0.1, 0.15) is 0 Å². The molecule has 0 unspecified atom stereocenters. The van der Waals surface area contributed by atoms with E-state index in [4.69, 9.17) is 0 Å². The minimum absolute atomic E-state index is 0.494. The zero-order chi connectivity index (χ0) is 5.28. The van der Waals surface area contributed by atoms with Crippen molar-refractivity contribution in [2.45, 2.75) is 0 Å². The molecule has 0 saturated carbocycles. The molecule has 0 fully saturated rings. The molecule has 0 amide bonds. The van der Waals surface area contributed by atoms with Crippen molar-refractivity contribution < 1.29 is 8.81 Å². The van der Waals surface area contributed by atoms with E-state index in [9.17, 15) is 4.39 Å². The van der Waals surface area contributed by atoms with Gasteiger partial charge in [0.25, 0.3) is 0 Å². The number of hydrogen-bond donors (Lipinski definition) is 0. The molecule has 3 radical (unpaired) electrons. The van der Waals surface area contributed by atoms with Crippen molar-refractivity contribution in [1.82, 2.24) is 0 Å². The maximum atomic E-state index is 11.8. The quantitative estimate of drug-likeness (QED) is 0.550. The Kier molecular flexibility index (Phi) is 1.37. The van der Waals surface area contributed by atoms with E-state index in [0.717, 1.165) is 22.5 Å². The molecule has 0 bridgehead atoms. The number of hydrogen-bond acceptors (Lipinski definition) is 1. The van der Waals surface area contributed by atoms with Gasteiger partial charge in [0.05, 0.1) is 0 Å². The van der Waals surface area contributed by atoms with Crippen LogP contribution in [0.15, 0.2) is 16.5 Å². The molecule has 0 aliphatic rings. The van der Waals surface area contributed by atoms with Gasteiger partial charge in [0.2, 0.25) is 0 Å². The second-order valence-electron chi connectivity index (χ2n) is 1.10. The molecule has 1 aromatic rings. The fourth-order valence-electron chi connectivity index (χ4n) is 0.314. The topological polar surface area (TPSA) is 13.1 Å². The standard InChI is InChI=1S/C4H2FO.Sn/c5-4-2-1-3-6-4;/h1-2H;. The Bertz CT molecular complexity index is 144. The molecule has 0 spiro atoms. The number of halogens is 1. The second kappa shape index (κ2) is 1.86. The van der Waals surface area contributed by atoms with E-state index in [2.05, 4.69) is 4.42 Å². The van der Waals surface area contributed by atoms with Crippen LogP contribution in [0.2, 0.25) is 0 Å². The Hall–Kier alpha value is 0.00870. The van der Waals surface area contributed by atoms with E-state index in [-0.39, 0.29) is 0 Å². The third-order valence-electron chi connectivity index (χ3n) is 0.573. The summed E-state index contributed by atoms with van der Waals surface area (Å²) in [5, 5.41) is 0. The molecule has 35 valence electrons. The fraction of sp³-hybridized carbons (Fsp3) is 0. The molecule has 0 aliphatic heterocycles. The first-order chi connectivity index (χ1) is 3.29. The van der Waals surface area contributed by atoms with Crippen molar-refractivity contribution >= 4 is 26.3 Å². The number of rotatable bonds is 0. The van der Waals surface area contributed by atoms with Gasteiger partial charge in [0, 0.05) is 0 Å². The molecule has 3 heteroatoms. The molecule has 7 heavy (non-hydrogen) atoms. The summed E-state index contributed by atoms with van der Waals surface area (Å²) in [4.78, 5) is 0. The van der Waals surface area contributed by atoms with Gasteiger partial charge in [-0.05, 0) is 0 Å². The van der Waals surface area contributed by atoms with E-state index >= 15 is 0 Å². The van der Waals surface area contributed by atoms with Crippen molar-refractivity contribution in [1.29, 1.82) is 0 Å². The summed E-state index contributed by atoms with van der Waals surface area (Å²) in [6.07, 6.45) is 0. The number of furan rings is 1.